The molecule has 0 amide bonds. The van der Waals surface area contributed by atoms with Gasteiger partial charge in [0.25, 0.3) is 0 Å². The van der Waals surface area contributed by atoms with Crippen molar-refractivity contribution in [1.29, 1.82) is 0 Å². The highest BCUT2D eigenvalue weighted by atomic mass is 35.5. The number of benzene rings is 1. The van der Waals surface area contributed by atoms with Crippen LogP contribution in [0.2, 0.25) is 5.02 Å². The Morgan fingerprint density at radius 3 is 2.85 bits per heavy atom. The van der Waals surface area contributed by atoms with Crippen LogP contribution in [0, 0.1) is 11.7 Å². The Morgan fingerprint density at radius 1 is 1.30 bits per heavy atom. The number of nitrogens with zero attached hydrogens (tertiary/aromatic N) is 1. The molecule has 1 aliphatic heterocycles. The van der Waals surface area contributed by atoms with Gasteiger partial charge in [-0.1, -0.05) is 17.7 Å². The summed E-state index contributed by atoms with van der Waals surface area (Å²) < 4.78 is 13.1. The van der Waals surface area contributed by atoms with E-state index in [-0.39, 0.29) is 11.7 Å². The predicted octanol–water partition coefficient (Wildman–Crippen LogP) is 3.81. The Kier molecular flexibility index (Phi) is 4.08. The van der Waals surface area contributed by atoms with Crippen LogP contribution in [-0.4, -0.2) is 23.3 Å². The van der Waals surface area contributed by atoms with Crippen molar-refractivity contribution in [1.82, 2.24) is 4.90 Å². The number of hydrogen-bond acceptors (Lipinski definition) is 2. The molecule has 1 saturated heterocycles. The zero-order valence-electron chi connectivity index (χ0n) is 11.4. The first kappa shape index (κ1) is 14.0. The lowest BCUT2D eigenvalue weighted by atomic mass is 9.95. The molecule has 0 N–H and O–H groups in total. The van der Waals surface area contributed by atoms with Gasteiger partial charge in [-0.15, -0.1) is 0 Å². The van der Waals surface area contributed by atoms with Crippen molar-refractivity contribution >= 4 is 17.4 Å². The van der Waals surface area contributed by atoms with E-state index in [9.17, 15) is 9.18 Å². The fourth-order valence-electron chi connectivity index (χ4n) is 3.62. The van der Waals surface area contributed by atoms with Gasteiger partial charge in [0.2, 0.25) is 0 Å². The van der Waals surface area contributed by atoms with Crippen LogP contribution >= 0.6 is 11.6 Å². The van der Waals surface area contributed by atoms with E-state index in [0.717, 1.165) is 44.2 Å². The van der Waals surface area contributed by atoms with Gasteiger partial charge >= 0.3 is 0 Å². The van der Waals surface area contributed by atoms with Gasteiger partial charge in [0.15, 0.2) is 0 Å². The topological polar surface area (TPSA) is 20.3 Å². The van der Waals surface area contributed by atoms with Crippen LogP contribution in [0.3, 0.4) is 0 Å². The second-order valence-electron chi connectivity index (χ2n) is 5.88. The second kappa shape index (κ2) is 5.82. The average Bonchev–Trinajstić information content (AvgIpc) is 3.01. The second-order valence-corrected chi connectivity index (χ2v) is 6.29. The maximum absolute atomic E-state index is 13.1. The lowest BCUT2D eigenvalue weighted by molar-refractivity contribution is -0.122. The smallest absolute Gasteiger partial charge is 0.137 e. The molecule has 4 heteroatoms. The molecule has 0 bridgehead atoms. The van der Waals surface area contributed by atoms with Crippen LogP contribution < -0.4 is 0 Å². The minimum Gasteiger partial charge on any atom is -0.299 e. The Labute approximate surface area is 123 Å². The molecular formula is C16H19ClFNO. The first-order valence-electron chi connectivity index (χ1n) is 7.36. The zero-order chi connectivity index (χ0) is 14.1. The Bertz CT molecular complexity index is 519. The van der Waals surface area contributed by atoms with Gasteiger partial charge in [0.1, 0.15) is 11.6 Å². The molecule has 2 fully saturated rings. The molecule has 0 radical (unpaired) electrons. The van der Waals surface area contributed by atoms with Crippen molar-refractivity contribution in [3.63, 3.8) is 0 Å². The summed E-state index contributed by atoms with van der Waals surface area (Å²) in [7, 11) is 0. The monoisotopic (exact) mass is 295 g/mol. The van der Waals surface area contributed by atoms with E-state index in [0.29, 0.717) is 23.4 Å². The minimum atomic E-state index is -0.303. The first-order chi connectivity index (χ1) is 9.65. The van der Waals surface area contributed by atoms with Crippen LogP contribution in [0.5, 0.6) is 0 Å². The number of hydrogen-bond donors (Lipinski definition) is 0. The molecule has 2 atom stereocenters. The highest BCUT2D eigenvalue weighted by Crippen LogP contribution is 2.34. The van der Waals surface area contributed by atoms with Crippen molar-refractivity contribution in [3.8, 4) is 0 Å². The molecule has 2 nitrogen and oxygen atoms in total. The van der Waals surface area contributed by atoms with E-state index in [2.05, 4.69) is 4.90 Å². The number of halogens is 2. The first-order valence-corrected chi connectivity index (χ1v) is 7.73. The molecule has 108 valence electrons. The van der Waals surface area contributed by atoms with Gasteiger partial charge in [-0.2, -0.15) is 0 Å². The van der Waals surface area contributed by atoms with E-state index < -0.39 is 0 Å². The number of ketones is 1. The van der Waals surface area contributed by atoms with Crippen molar-refractivity contribution in [2.45, 2.75) is 44.7 Å². The maximum Gasteiger partial charge on any atom is 0.137 e. The highest BCUT2D eigenvalue weighted by molar-refractivity contribution is 6.31. The van der Waals surface area contributed by atoms with Gasteiger partial charge in [-0.3, -0.25) is 9.69 Å². The van der Waals surface area contributed by atoms with E-state index in [1.54, 1.807) is 6.07 Å². The van der Waals surface area contributed by atoms with Crippen LogP contribution in [0.4, 0.5) is 4.39 Å². The van der Waals surface area contributed by atoms with Gasteiger partial charge < -0.3 is 0 Å². The van der Waals surface area contributed by atoms with Crippen molar-refractivity contribution < 1.29 is 9.18 Å². The summed E-state index contributed by atoms with van der Waals surface area (Å²) in [5.74, 6) is 0.325. The SMILES string of the molecule is O=C1CCCC1C1CCCN1Cc1ccc(F)cc1Cl. The minimum absolute atomic E-state index is 0.205. The normalized spacial score (nSPS) is 27.4. The van der Waals surface area contributed by atoms with Gasteiger partial charge in [-0.25, -0.2) is 4.39 Å². The number of Topliss-reactive ketones (excluding diaryl/α,β-unsaturated/α-hetero) is 1. The Balaban J connectivity index is 1.74. The van der Waals surface area contributed by atoms with Gasteiger partial charge in [0.05, 0.1) is 0 Å². The largest absolute Gasteiger partial charge is 0.299 e. The number of carbonyl (C=O) groups is 1. The van der Waals surface area contributed by atoms with E-state index in [1.165, 1.54) is 12.1 Å². The van der Waals surface area contributed by atoms with Gasteiger partial charge in [0, 0.05) is 29.9 Å². The predicted molar refractivity (Wildman–Crippen MR) is 77.2 cm³/mol. The van der Waals surface area contributed by atoms with Crippen molar-refractivity contribution in [2.24, 2.45) is 5.92 Å². The molecule has 0 aromatic heterocycles. The molecule has 1 aromatic carbocycles. The maximum atomic E-state index is 13.1. The molecule has 1 aliphatic carbocycles. The van der Waals surface area contributed by atoms with E-state index in [1.807, 2.05) is 0 Å². The molecule has 20 heavy (non-hydrogen) atoms. The summed E-state index contributed by atoms with van der Waals surface area (Å²) in [6.45, 7) is 1.72. The lowest BCUT2D eigenvalue weighted by Crippen LogP contribution is -2.37. The Hall–Kier alpha value is -0.930. The van der Waals surface area contributed by atoms with Crippen molar-refractivity contribution in [2.75, 3.05) is 6.54 Å². The molecule has 1 saturated carbocycles. The zero-order valence-corrected chi connectivity index (χ0v) is 12.2. The van der Waals surface area contributed by atoms with Crippen LogP contribution in [-0.2, 0) is 11.3 Å². The molecule has 2 aliphatic rings. The van der Waals surface area contributed by atoms with E-state index in [4.69, 9.17) is 11.6 Å². The summed E-state index contributed by atoms with van der Waals surface area (Å²) in [6.07, 6.45) is 5.02. The summed E-state index contributed by atoms with van der Waals surface area (Å²) in [5.41, 5.74) is 0.949. The fourth-order valence-corrected chi connectivity index (χ4v) is 3.85. The average molecular weight is 296 g/mol. The summed E-state index contributed by atoms with van der Waals surface area (Å²) in [5, 5.41) is 0.480. The molecule has 1 aromatic rings. The molecule has 2 unspecified atom stereocenters. The summed E-state index contributed by atoms with van der Waals surface area (Å²) in [4.78, 5) is 14.3. The van der Waals surface area contributed by atoms with E-state index >= 15 is 0 Å². The third-order valence-corrected chi connectivity index (χ3v) is 4.97. The number of carbonyl (C=O) groups excluding carboxylic acids is 1. The van der Waals surface area contributed by atoms with Crippen molar-refractivity contribution in [3.05, 3.63) is 34.6 Å². The van der Waals surface area contributed by atoms with Crippen LogP contribution in [0.15, 0.2) is 18.2 Å². The molecule has 0 spiro atoms. The third-order valence-electron chi connectivity index (χ3n) is 4.62. The van der Waals surface area contributed by atoms with Crippen LogP contribution in [0.25, 0.3) is 0 Å². The standard InChI is InChI=1S/C16H19ClFNO/c17-14-9-12(18)7-6-11(14)10-19-8-2-4-15(19)13-3-1-5-16(13)20/h6-7,9,13,15H,1-5,8,10H2. The molecule has 1 heterocycles. The van der Waals surface area contributed by atoms with Crippen LogP contribution in [0.1, 0.15) is 37.7 Å². The quantitative estimate of drug-likeness (QED) is 0.845. The van der Waals surface area contributed by atoms with Gasteiger partial charge in [-0.05, 0) is 49.9 Å². The number of likely N-dealkylation sites (tertiary alicyclic amines) is 1. The summed E-state index contributed by atoms with van der Waals surface area (Å²) in [6, 6.07) is 4.92. The molecular weight excluding hydrogens is 277 g/mol. The summed E-state index contributed by atoms with van der Waals surface area (Å²) >= 11 is 6.11. The third kappa shape index (κ3) is 2.75. The highest BCUT2D eigenvalue weighted by Gasteiger charge is 2.37. The Morgan fingerprint density at radius 2 is 2.15 bits per heavy atom. The number of rotatable bonds is 3. The fraction of sp³-hybridized carbons (Fsp3) is 0.562. The lowest BCUT2D eigenvalue weighted by Gasteiger charge is -2.28. The molecule has 3 rings (SSSR count).